The molecule has 4 atom stereocenters. The fourth-order valence-electron chi connectivity index (χ4n) is 6.66. The van der Waals surface area contributed by atoms with E-state index in [0.717, 1.165) is 29.5 Å². The van der Waals surface area contributed by atoms with Crippen LogP contribution < -0.4 is 16.0 Å². The predicted molar refractivity (Wildman–Crippen MR) is 170 cm³/mol. The second kappa shape index (κ2) is 13.3. The van der Waals surface area contributed by atoms with Gasteiger partial charge in [-0.25, -0.2) is 9.18 Å². The summed E-state index contributed by atoms with van der Waals surface area (Å²) in [5, 5.41) is 0. The van der Waals surface area contributed by atoms with Crippen molar-refractivity contribution in [2.24, 2.45) is 0 Å². The van der Waals surface area contributed by atoms with Crippen molar-refractivity contribution in [2.45, 2.75) is 61.9 Å². The number of benzene rings is 3. The van der Waals surface area contributed by atoms with E-state index in [1.54, 1.807) is 14.0 Å². The molecule has 2 aliphatic heterocycles. The third kappa shape index (κ3) is 6.18. The van der Waals surface area contributed by atoms with Gasteiger partial charge in [0.25, 0.3) is 5.56 Å². The van der Waals surface area contributed by atoms with Crippen molar-refractivity contribution in [3.8, 4) is 5.75 Å². The fraction of sp³-hybridized carbons (Fsp3) is 0.389. The van der Waals surface area contributed by atoms with Crippen molar-refractivity contribution in [3.63, 3.8) is 0 Å². The standard InChI is InChI=1S/C36H39FN2O7/c1-34(45-31-15-9-10-22-43-31)23-35(24-37,46-32(34)39-21-20-30(40)38-33(39)41)25-44-36(26-11-5-3-6-12-26,27-13-7-4-8-14-27)28-16-18-29(42-2)19-17-28/h3-8,11-14,16-21,31-32H,9-10,15,22-25H2,1-2H3,(H,38,40,41)/t31?,32-,34-,35-/m1/s1. The van der Waals surface area contributed by atoms with Crippen LogP contribution in [0.25, 0.3) is 0 Å². The number of aromatic amines is 1. The van der Waals surface area contributed by atoms with E-state index in [9.17, 15) is 9.59 Å². The van der Waals surface area contributed by atoms with Gasteiger partial charge >= 0.3 is 5.69 Å². The van der Waals surface area contributed by atoms with E-state index < -0.39 is 47.2 Å². The summed E-state index contributed by atoms with van der Waals surface area (Å²) in [6.45, 7) is 1.21. The van der Waals surface area contributed by atoms with Gasteiger partial charge in [0.2, 0.25) is 0 Å². The predicted octanol–water partition coefficient (Wildman–Crippen LogP) is 5.48. The van der Waals surface area contributed by atoms with E-state index in [-0.39, 0.29) is 13.0 Å². The molecule has 0 spiro atoms. The van der Waals surface area contributed by atoms with Crippen LogP contribution in [0.5, 0.6) is 5.75 Å². The van der Waals surface area contributed by atoms with Gasteiger partial charge in [0.15, 0.2) is 12.5 Å². The molecule has 1 aromatic heterocycles. The first-order valence-corrected chi connectivity index (χ1v) is 15.6. The molecule has 3 aromatic carbocycles. The highest BCUT2D eigenvalue weighted by Gasteiger charge is 2.58. The molecule has 0 saturated carbocycles. The molecule has 10 heteroatoms. The van der Waals surface area contributed by atoms with Gasteiger partial charge in [-0.2, -0.15) is 0 Å². The number of alkyl halides is 1. The Morgan fingerprint density at radius 3 is 2.15 bits per heavy atom. The Bertz CT molecular complexity index is 1670. The van der Waals surface area contributed by atoms with Crippen LogP contribution in [0.4, 0.5) is 4.39 Å². The molecule has 2 aliphatic rings. The molecule has 3 heterocycles. The van der Waals surface area contributed by atoms with Crippen molar-refractivity contribution in [1.82, 2.24) is 9.55 Å². The molecule has 2 fully saturated rings. The normalized spacial score (nSPS) is 24.9. The molecule has 46 heavy (non-hydrogen) atoms. The molecule has 2 saturated heterocycles. The van der Waals surface area contributed by atoms with Gasteiger partial charge < -0.3 is 23.7 Å². The quantitative estimate of drug-likeness (QED) is 0.219. The van der Waals surface area contributed by atoms with Crippen molar-refractivity contribution in [2.75, 3.05) is 27.0 Å². The molecule has 6 rings (SSSR count). The first-order valence-electron chi connectivity index (χ1n) is 15.6. The Balaban J connectivity index is 1.43. The smallest absolute Gasteiger partial charge is 0.330 e. The minimum absolute atomic E-state index is 0.0505. The van der Waals surface area contributed by atoms with E-state index in [1.165, 1.54) is 16.8 Å². The van der Waals surface area contributed by atoms with Crippen molar-refractivity contribution >= 4 is 0 Å². The summed E-state index contributed by atoms with van der Waals surface area (Å²) in [6, 6.07) is 28.3. The maximum Gasteiger partial charge on any atom is 0.330 e. The number of hydrogen-bond donors (Lipinski definition) is 1. The minimum atomic E-state index is -1.52. The zero-order valence-corrected chi connectivity index (χ0v) is 26.0. The lowest BCUT2D eigenvalue weighted by molar-refractivity contribution is -0.244. The van der Waals surface area contributed by atoms with Gasteiger partial charge in [-0.05, 0) is 55.0 Å². The molecular weight excluding hydrogens is 591 g/mol. The molecule has 0 amide bonds. The molecule has 1 unspecified atom stereocenters. The van der Waals surface area contributed by atoms with Crippen molar-refractivity contribution in [3.05, 3.63) is 135 Å². The molecule has 9 nitrogen and oxygen atoms in total. The number of nitrogens with zero attached hydrogens (tertiary/aromatic N) is 1. The minimum Gasteiger partial charge on any atom is -0.497 e. The van der Waals surface area contributed by atoms with Gasteiger partial charge in [0.1, 0.15) is 29.2 Å². The summed E-state index contributed by atoms with van der Waals surface area (Å²) < 4.78 is 48.2. The first kappa shape index (κ1) is 31.9. The SMILES string of the molecule is COc1ccc(C(OC[C@]2(CF)C[C@@](C)(OC3CCCCO3)[C@H](n3ccc(=O)[nH]c3=O)O2)(c2ccccc2)c2ccccc2)cc1. The van der Waals surface area contributed by atoms with E-state index in [2.05, 4.69) is 4.98 Å². The average Bonchev–Trinajstić information content (AvgIpc) is 3.38. The van der Waals surface area contributed by atoms with Crippen molar-refractivity contribution < 1.29 is 28.1 Å². The van der Waals surface area contributed by atoms with Crippen LogP contribution in [-0.2, 0) is 24.5 Å². The lowest BCUT2D eigenvalue weighted by Crippen LogP contribution is -2.45. The monoisotopic (exact) mass is 630 g/mol. The lowest BCUT2D eigenvalue weighted by atomic mass is 9.79. The van der Waals surface area contributed by atoms with Gasteiger partial charge in [0, 0.05) is 25.3 Å². The number of rotatable bonds is 11. The van der Waals surface area contributed by atoms with Crippen molar-refractivity contribution in [1.29, 1.82) is 0 Å². The molecule has 0 aliphatic carbocycles. The van der Waals surface area contributed by atoms with Crippen LogP contribution in [0.3, 0.4) is 0 Å². The second-order valence-electron chi connectivity index (χ2n) is 12.1. The molecule has 0 radical (unpaired) electrons. The molecule has 242 valence electrons. The molecule has 1 N–H and O–H groups in total. The number of H-pyrrole nitrogens is 1. The van der Waals surface area contributed by atoms with Crippen LogP contribution >= 0.6 is 0 Å². The first-order chi connectivity index (χ1) is 22.3. The van der Waals surface area contributed by atoms with Crippen LogP contribution in [0.1, 0.15) is 55.5 Å². The zero-order chi connectivity index (χ0) is 32.2. The van der Waals surface area contributed by atoms with Crippen LogP contribution in [-0.4, -0.2) is 54.0 Å². The van der Waals surface area contributed by atoms with Gasteiger partial charge in [-0.1, -0.05) is 72.8 Å². The highest BCUT2D eigenvalue weighted by molar-refractivity contribution is 5.48. The van der Waals surface area contributed by atoms with E-state index in [4.69, 9.17) is 23.7 Å². The number of halogens is 1. The number of methoxy groups -OCH3 is 1. The second-order valence-corrected chi connectivity index (χ2v) is 12.1. The molecule has 0 bridgehead atoms. The Labute approximate surface area is 266 Å². The molecule has 4 aromatic rings. The summed E-state index contributed by atoms with van der Waals surface area (Å²) in [5.74, 6) is 0.685. The van der Waals surface area contributed by atoms with Crippen LogP contribution in [0.2, 0.25) is 0 Å². The number of hydrogen-bond acceptors (Lipinski definition) is 7. The third-order valence-corrected chi connectivity index (χ3v) is 8.85. The summed E-state index contributed by atoms with van der Waals surface area (Å²) in [4.78, 5) is 27.2. The number of aromatic nitrogens is 2. The van der Waals surface area contributed by atoms with Crippen LogP contribution in [0.15, 0.2) is 107 Å². The highest BCUT2D eigenvalue weighted by atomic mass is 19.1. The maximum atomic E-state index is 15.6. The highest BCUT2D eigenvalue weighted by Crippen LogP contribution is 2.49. The van der Waals surface area contributed by atoms with E-state index >= 15 is 4.39 Å². The summed E-state index contributed by atoms with van der Waals surface area (Å²) in [7, 11) is 1.61. The largest absolute Gasteiger partial charge is 0.497 e. The Morgan fingerprint density at radius 2 is 1.59 bits per heavy atom. The van der Waals surface area contributed by atoms with Gasteiger partial charge in [0.05, 0.1) is 13.7 Å². The molecular formula is C36H39FN2O7. The number of ether oxygens (including phenoxy) is 5. The summed E-state index contributed by atoms with van der Waals surface area (Å²) in [6.07, 6.45) is 2.27. The Morgan fingerprint density at radius 1 is 0.935 bits per heavy atom. The Hall–Kier alpha value is -4.09. The lowest BCUT2D eigenvalue weighted by Gasteiger charge is -2.39. The van der Waals surface area contributed by atoms with Gasteiger partial charge in [-0.3, -0.25) is 14.3 Å². The maximum absolute atomic E-state index is 15.6. The van der Waals surface area contributed by atoms with E-state index in [0.29, 0.717) is 18.8 Å². The van der Waals surface area contributed by atoms with Gasteiger partial charge in [-0.15, -0.1) is 0 Å². The fourth-order valence-corrected chi connectivity index (χ4v) is 6.66. The topological polar surface area (TPSA) is 101 Å². The average molecular weight is 631 g/mol. The van der Waals surface area contributed by atoms with E-state index in [1.807, 2.05) is 84.9 Å². The Kier molecular flexibility index (Phi) is 9.24. The summed E-state index contributed by atoms with van der Waals surface area (Å²) >= 11 is 0. The van der Waals surface area contributed by atoms with Crippen LogP contribution in [0, 0.1) is 0 Å². The zero-order valence-electron chi connectivity index (χ0n) is 26.0. The summed E-state index contributed by atoms with van der Waals surface area (Å²) in [5.41, 5.74) is -2.66. The third-order valence-electron chi connectivity index (χ3n) is 8.85. The number of nitrogens with one attached hydrogen (secondary N) is 1.